The summed E-state index contributed by atoms with van der Waals surface area (Å²) < 4.78 is 5.47. The second-order valence-corrected chi connectivity index (χ2v) is 6.95. The van der Waals surface area contributed by atoms with Crippen LogP contribution in [-0.4, -0.2) is 52.5 Å². The van der Waals surface area contributed by atoms with Crippen LogP contribution in [0.5, 0.6) is 0 Å². The summed E-state index contributed by atoms with van der Waals surface area (Å²) in [6.45, 7) is 0.173. The maximum atomic E-state index is 12.2. The number of rotatable bonds is 4. The van der Waals surface area contributed by atoms with Crippen LogP contribution in [-0.2, 0) is 9.53 Å². The Balaban J connectivity index is 1.43. The molecule has 0 spiro atoms. The molecule has 2 aliphatic rings. The molecule has 6 heteroatoms. The van der Waals surface area contributed by atoms with E-state index in [1.807, 2.05) is 36.4 Å². The number of β-amino-alcohol motifs (C(OH)–C–C–N with tert-alkyl or cyclic N) is 1. The smallest absolute Gasteiger partial charge is 0.409 e. The average Bonchev–Trinajstić information content (AvgIpc) is 2.91. The van der Waals surface area contributed by atoms with E-state index in [0.717, 1.165) is 22.3 Å². The van der Waals surface area contributed by atoms with Crippen molar-refractivity contribution in [2.24, 2.45) is 0 Å². The molecule has 134 valence electrons. The first-order chi connectivity index (χ1) is 12.5. The number of aliphatic hydroxyl groups is 1. The maximum absolute atomic E-state index is 12.2. The lowest BCUT2D eigenvalue weighted by atomic mass is 9.91. The van der Waals surface area contributed by atoms with E-state index in [1.54, 1.807) is 0 Å². The van der Waals surface area contributed by atoms with Crippen molar-refractivity contribution in [1.29, 1.82) is 0 Å². The highest BCUT2D eigenvalue weighted by atomic mass is 16.6. The number of ether oxygens (including phenoxy) is 1. The number of nitrogens with zero attached hydrogens (tertiary/aromatic N) is 1. The van der Waals surface area contributed by atoms with Gasteiger partial charge in [-0.15, -0.1) is 0 Å². The molecule has 2 N–H and O–H groups in total. The Morgan fingerprint density at radius 2 is 1.58 bits per heavy atom. The number of carboxylic acid groups (broad SMARTS) is 1. The third-order valence-electron chi connectivity index (χ3n) is 5.04. The zero-order valence-electron chi connectivity index (χ0n) is 14.1. The number of likely N-dealkylation sites (tertiary alicyclic amines) is 1. The van der Waals surface area contributed by atoms with Gasteiger partial charge in [0.1, 0.15) is 12.2 Å². The lowest BCUT2D eigenvalue weighted by Crippen LogP contribution is -2.64. The Kier molecular flexibility index (Phi) is 3.92. The van der Waals surface area contributed by atoms with Crippen molar-refractivity contribution in [3.63, 3.8) is 0 Å². The van der Waals surface area contributed by atoms with Gasteiger partial charge in [0, 0.05) is 5.92 Å². The minimum atomic E-state index is -1.35. The zero-order chi connectivity index (χ0) is 18.3. The number of carbonyl (C=O) groups excluding carboxylic acids is 1. The summed E-state index contributed by atoms with van der Waals surface area (Å²) in [5.74, 6) is -1.11. The maximum Gasteiger partial charge on any atom is 0.409 e. The number of hydrogen-bond acceptors (Lipinski definition) is 4. The fourth-order valence-electron chi connectivity index (χ4n) is 3.87. The molecule has 0 saturated carbocycles. The summed E-state index contributed by atoms with van der Waals surface area (Å²) in [6, 6.07) is 16.2. The molecule has 4 rings (SSSR count). The van der Waals surface area contributed by atoms with Gasteiger partial charge in [-0.2, -0.15) is 0 Å². The zero-order valence-corrected chi connectivity index (χ0v) is 14.1. The van der Waals surface area contributed by atoms with Gasteiger partial charge in [-0.25, -0.2) is 4.79 Å². The van der Waals surface area contributed by atoms with Gasteiger partial charge in [0.2, 0.25) is 0 Å². The summed E-state index contributed by atoms with van der Waals surface area (Å²) in [6.07, 6.45) is -0.901. The van der Waals surface area contributed by atoms with Gasteiger partial charge in [0.25, 0.3) is 0 Å². The highest BCUT2D eigenvalue weighted by Crippen LogP contribution is 2.44. The Morgan fingerprint density at radius 1 is 1.04 bits per heavy atom. The highest BCUT2D eigenvalue weighted by Gasteiger charge is 2.46. The molecule has 2 aromatic rings. The van der Waals surface area contributed by atoms with E-state index >= 15 is 0 Å². The van der Waals surface area contributed by atoms with Crippen molar-refractivity contribution in [3.05, 3.63) is 59.7 Å². The predicted molar refractivity (Wildman–Crippen MR) is 93.8 cm³/mol. The van der Waals surface area contributed by atoms with Gasteiger partial charge in [-0.3, -0.25) is 4.79 Å². The molecule has 0 unspecified atom stereocenters. The van der Waals surface area contributed by atoms with E-state index in [0.29, 0.717) is 0 Å². The van der Waals surface area contributed by atoms with Crippen LogP contribution >= 0.6 is 0 Å². The van der Waals surface area contributed by atoms with Crippen LogP contribution in [0.25, 0.3) is 11.1 Å². The van der Waals surface area contributed by atoms with Gasteiger partial charge < -0.3 is 19.8 Å². The number of carbonyl (C=O) groups is 2. The molecule has 1 fully saturated rings. The van der Waals surface area contributed by atoms with Crippen molar-refractivity contribution >= 4 is 12.1 Å². The van der Waals surface area contributed by atoms with Crippen LogP contribution in [0.15, 0.2) is 48.5 Å². The lowest BCUT2D eigenvalue weighted by molar-refractivity contribution is -0.151. The van der Waals surface area contributed by atoms with Gasteiger partial charge in [0.15, 0.2) is 0 Å². The van der Waals surface area contributed by atoms with Gasteiger partial charge in [-0.05, 0) is 22.3 Å². The third-order valence-corrected chi connectivity index (χ3v) is 5.04. The highest BCUT2D eigenvalue weighted by molar-refractivity contribution is 5.79. The molecule has 0 bridgehead atoms. The molecule has 0 aromatic heterocycles. The summed E-state index contributed by atoms with van der Waals surface area (Å²) in [7, 11) is 0. The summed E-state index contributed by atoms with van der Waals surface area (Å²) in [5, 5.41) is 18.8. The second-order valence-electron chi connectivity index (χ2n) is 6.95. The average molecular weight is 353 g/mol. The van der Waals surface area contributed by atoms with Crippen molar-refractivity contribution in [2.75, 3.05) is 19.7 Å². The molecule has 26 heavy (non-hydrogen) atoms. The third kappa shape index (κ3) is 2.82. The minimum Gasteiger partial charge on any atom is -0.481 e. The van der Waals surface area contributed by atoms with Crippen LogP contribution < -0.4 is 0 Å². The summed E-state index contributed by atoms with van der Waals surface area (Å²) in [4.78, 5) is 24.3. The minimum absolute atomic E-state index is 0.0179. The van der Waals surface area contributed by atoms with Crippen molar-refractivity contribution in [3.8, 4) is 11.1 Å². The number of benzene rings is 2. The molecule has 1 amide bonds. The SMILES string of the molecule is O=C(O)CC1(O)CN(C(=O)OCC2c3ccccc3-c3ccccc32)C1. The molecule has 1 aliphatic carbocycles. The molecule has 1 aliphatic heterocycles. The molecular formula is C20H19NO5. The quantitative estimate of drug-likeness (QED) is 0.882. The normalized spacial score (nSPS) is 17.2. The number of amides is 1. The van der Waals surface area contributed by atoms with E-state index in [2.05, 4.69) is 12.1 Å². The Labute approximate surface area is 150 Å². The number of hydrogen-bond donors (Lipinski definition) is 2. The van der Waals surface area contributed by atoms with E-state index in [9.17, 15) is 14.7 Å². The Bertz CT molecular complexity index is 827. The number of aliphatic carboxylic acids is 1. The monoisotopic (exact) mass is 353 g/mol. The molecule has 0 atom stereocenters. The first kappa shape index (κ1) is 16.6. The molecule has 6 nitrogen and oxygen atoms in total. The first-order valence-electron chi connectivity index (χ1n) is 8.51. The second kappa shape index (κ2) is 6.14. The predicted octanol–water partition coefficient (Wildman–Crippen LogP) is 2.46. The van der Waals surface area contributed by atoms with Gasteiger partial charge in [-0.1, -0.05) is 48.5 Å². The van der Waals surface area contributed by atoms with E-state index in [1.165, 1.54) is 4.90 Å². The number of carboxylic acids is 1. The summed E-state index contributed by atoms with van der Waals surface area (Å²) in [5.41, 5.74) is 3.23. The fraction of sp³-hybridized carbons (Fsp3) is 0.300. The van der Waals surface area contributed by atoms with Gasteiger partial charge >= 0.3 is 12.1 Å². The van der Waals surface area contributed by atoms with Crippen molar-refractivity contribution in [1.82, 2.24) is 4.90 Å². The Morgan fingerprint density at radius 3 is 2.12 bits per heavy atom. The standard InChI is InChI=1S/C20H19NO5/c22-18(23)9-20(25)11-21(12-20)19(24)26-10-17-15-7-3-1-5-13(15)14-6-2-4-8-16(14)17/h1-8,17,25H,9-12H2,(H,22,23). The molecule has 1 saturated heterocycles. The molecular weight excluding hydrogens is 334 g/mol. The van der Waals surface area contributed by atoms with E-state index < -0.39 is 17.7 Å². The lowest BCUT2D eigenvalue weighted by Gasteiger charge is -2.44. The van der Waals surface area contributed by atoms with Crippen LogP contribution in [0.2, 0.25) is 0 Å². The van der Waals surface area contributed by atoms with Crippen LogP contribution in [0.3, 0.4) is 0 Å². The summed E-state index contributed by atoms with van der Waals surface area (Å²) >= 11 is 0. The van der Waals surface area contributed by atoms with Crippen molar-refractivity contribution in [2.45, 2.75) is 17.9 Å². The molecule has 1 heterocycles. The van der Waals surface area contributed by atoms with E-state index in [-0.39, 0.29) is 32.0 Å². The van der Waals surface area contributed by atoms with E-state index in [4.69, 9.17) is 9.84 Å². The van der Waals surface area contributed by atoms with Gasteiger partial charge in [0.05, 0.1) is 19.5 Å². The Hall–Kier alpha value is -2.86. The number of fused-ring (bicyclic) bond motifs is 3. The van der Waals surface area contributed by atoms with Crippen molar-refractivity contribution < 1.29 is 24.5 Å². The van der Waals surface area contributed by atoms with Crippen LogP contribution in [0.1, 0.15) is 23.5 Å². The fourth-order valence-corrected chi connectivity index (χ4v) is 3.87. The molecule has 0 radical (unpaired) electrons. The largest absolute Gasteiger partial charge is 0.481 e. The molecule has 2 aromatic carbocycles. The first-order valence-corrected chi connectivity index (χ1v) is 8.51. The van der Waals surface area contributed by atoms with Crippen LogP contribution in [0.4, 0.5) is 4.79 Å². The topological polar surface area (TPSA) is 87.1 Å². The van der Waals surface area contributed by atoms with Crippen LogP contribution in [0, 0.1) is 0 Å².